The summed E-state index contributed by atoms with van der Waals surface area (Å²) in [5.41, 5.74) is 1.66. The second-order valence-electron chi connectivity index (χ2n) is 4.03. The van der Waals surface area contributed by atoms with E-state index in [2.05, 4.69) is 5.32 Å². The molecule has 0 fully saturated rings. The highest BCUT2D eigenvalue weighted by atomic mass is 16.2. The van der Waals surface area contributed by atoms with Gasteiger partial charge in [0.2, 0.25) is 0 Å². The molecule has 92 valence electrons. The third-order valence-electron chi connectivity index (χ3n) is 2.82. The molecule has 3 nitrogen and oxygen atoms in total. The number of aryl methyl sites for hydroxylation is 1. The van der Waals surface area contributed by atoms with Crippen LogP contribution in [0, 0.1) is 0 Å². The van der Waals surface area contributed by atoms with Crippen LogP contribution in [-0.2, 0) is 11.2 Å². The van der Waals surface area contributed by atoms with Crippen LogP contribution in [0.5, 0.6) is 0 Å². The lowest BCUT2D eigenvalue weighted by Crippen LogP contribution is -2.38. The fraction of sp³-hybridized carbons (Fsp3) is 0.429. The smallest absolute Gasteiger partial charge is 0.252 e. The number of hydrogen-bond acceptors (Lipinski definition) is 2. The van der Waals surface area contributed by atoms with Crippen LogP contribution < -0.4 is 5.32 Å². The van der Waals surface area contributed by atoms with Gasteiger partial charge in [0.1, 0.15) is 0 Å². The van der Waals surface area contributed by atoms with E-state index in [4.69, 9.17) is 0 Å². The average molecular weight is 233 g/mol. The number of carbonyl (C=O) groups is 2. The third-order valence-corrected chi connectivity index (χ3v) is 2.82. The Morgan fingerprint density at radius 2 is 1.88 bits per heavy atom. The van der Waals surface area contributed by atoms with Crippen molar-refractivity contribution in [3.8, 4) is 0 Å². The van der Waals surface area contributed by atoms with E-state index in [1.54, 1.807) is 19.9 Å². The van der Waals surface area contributed by atoms with Gasteiger partial charge in [-0.3, -0.25) is 9.59 Å². The van der Waals surface area contributed by atoms with E-state index in [1.807, 2.05) is 25.1 Å². The minimum absolute atomic E-state index is 0.0485. The number of amides is 1. The molecule has 0 spiro atoms. The standard InChI is InChI=1S/C14H19NO2/c1-4-11-8-6-7-9-12(11)14(17)15-10(3)13(16)5-2/h6-10H,4-5H2,1-3H3,(H,15,17). The maximum atomic E-state index is 12.0. The van der Waals surface area contributed by atoms with E-state index in [0.717, 1.165) is 12.0 Å². The van der Waals surface area contributed by atoms with Crippen LogP contribution in [0.4, 0.5) is 0 Å². The molecule has 1 unspecified atom stereocenters. The molecule has 1 amide bonds. The number of benzene rings is 1. The lowest BCUT2D eigenvalue weighted by atomic mass is 10.0. The molecule has 0 aromatic heterocycles. The number of ketones is 1. The van der Waals surface area contributed by atoms with Crippen LogP contribution in [0.1, 0.15) is 43.1 Å². The summed E-state index contributed by atoms with van der Waals surface area (Å²) < 4.78 is 0. The maximum Gasteiger partial charge on any atom is 0.252 e. The molecule has 0 saturated heterocycles. The maximum absolute atomic E-state index is 12.0. The molecule has 1 N–H and O–H groups in total. The molecule has 0 heterocycles. The van der Waals surface area contributed by atoms with Gasteiger partial charge < -0.3 is 5.32 Å². The highest BCUT2D eigenvalue weighted by Gasteiger charge is 2.16. The van der Waals surface area contributed by atoms with Gasteiger partial charge in [-0.2, -0.15) is 0 Å². The summed E-state index contributed by atoms with van der Waals surface area (Å²) in [5.74, 6) is -0.121. The number of rotatable bonds is 5. The van der Waals surface area contributed by atoms with Gasteiger partial charge in [-0.25, -0.2) is 0 Å². The molecule has 1 rings (SSSR count). The quantitative estimate of drug-likeness (QED) is 0.848. The van der Waals surface area contributed by atoms with Gasteiger partial charge in [0.15, 0.2) is 5.78 Å². The molecule has 0 saturated carbocycles. The lowest BCUT2D eigenvalue weighted by Gasteiger charge is -2.13. The molecule has 0 aliphatic rings. The average Bonchev–Trinajstić information content (AvgIpc) is 2.37. The summed E-state index contributed by atoms with van der Waals surface area (Å²) in [6.07, 6.45) is 1.25. The first-order valence-corrected chi connectivity index (χ1v) is 6.01. The van der Waals surface area contributed by atoms with Crippen molar-refractivity contribution in [2.45, 2.75) is 39.7 Å². The Labute approximate surface area is 102 Å². The van der Waals surface area contributed by atoms with Crippen molar-refractivity contribution in [1.29, 1.82) is 0 Å². The first-order chi connectivity index (χ1) is 8.10. The van der Waals surface area contributed by atoms with Crippen molar-refractivity contribution < 1.29 is 9.59 Å². The van der Waals surface area contributed by atoms with E-state index in [-0.39, 0.29) is 11.7 Å². The molecule has 0 aliphatic carbocycles. The molecule has 1 aromatic carbocycles. The zero-order chi connectivity index (χ0) is 12.8. The molecule has 3 heteroatoms. The number of hydrogen-bond donors (Lipinski definition) is 1. The summed E-state index contributed by atoms with van der Waals surface area (Å²) >= 11 is 0. The van der Waals surface area contributed by atoms with Gasteiger partial charge in [-0.15, -0.1) is 0 Å². The van der Waals surface area contributed by atoms with Crippen LogP contribution in [0.2, 0.25) is 0 Å². The fourth-order valence-corrected chi connectivity index (χ4v) is 1.71. The van der Waals surface area contributed by atoms with Gasteiger partial charge in [-0.1, -0.05) is 32.0 Å². The van der Waals surface area contributed by atoms with Gasteiger partial charge >= 0.3 is 0 Å². The predicted molar refractivity (Wildman–Crippen MR) is 68.0 cm³/mol. The van der Waals surface area contributed by atoms with Crippen molar-refractivity contribution in [2.24, 2.45) is 0 Å². The zero-order valence-corrected chi connectivity index (χ0v) is 10.6. The monoisotopic (exact) mass is 233 g/mol. The molecule has 17 heavy (non-hydrogen) atoms. The summed E-state index contributed by atoms with van der Waals surface area (Å²) in [6, 6.07) is 7.05. The van der Waals surface area contributed by atoms with Gasteiger partial charge in [0.05, 0.1) is 6.04 Å². The van der Waals surface area contributed by atoms with E-state index < -0.39 is 6.04 Å². The Bertz CT molecular complexity index is 412. The summed E-state index contributed by atoms with van der Waals surface area (Å²) in [5, 5.41) is 2.73. The molecule has 0 aliphatic heterocycles. The Balaban J connectivity index is 2.79. The molecule has 0 bridgehead atoms. The topological polar surface area (TPSA) is 46.2 Å². The Hall–Kier alpha value is -1.64. The van der Waals surface area contributed by atoms with Crippen LogP contribution in [0.25, 0.3) is 0 Å². The Morgan fingerprint density at radius 1 is 1.24 bits per heavy atom. The Morgan fingerprint density at radius 3 is 2.47 bits per heavy atom. The molecular weight excluding hydrogens is 214 g/mol. The number of carbonyl (C=O) groups excluding carboxylic acids is 2. The normalized spacial score (nSPS) is 11.9. The molecule has 1 aromatic rings. The number of Topliss-reactive ketones (excluding diaryl/α,β-unsaturated/α-hetero) is 1. The Kier molecular flexibility index (Phi) is 4.88. The number of nitrogens with one attached hydrogen (secondary N) is 1. The first-order valence-electron chi connectivity index (χ1n) is 6.01. The molecule has 0 radical (unpaired) electrons. The van der Waals surface area contributed by atoms with Crippen molar-refractivity contribution in [2.75, 3.05) is 0 Å². The highest BCUT2D eigenvalue weighted by molar-refractivity contribution is 5.98. The third kappa shape index (κ3) is 3.41. The minimum Gasteiger partial charge on any atom is -0.343 e. The molecule has 1 atom stereocenters. The van der Waals surface area contributed by atoms with Crippen molar-refractivity contribution in [1.82, 2.24) is 5.32 Å². The van der Waals surface area contributed by atoms with Crippen LogP contribution in [0.3, 0.4) is 0 Å². The largest absolute Gasteiger partial charge is 0.343 e. The summed E-state index contributed by atoms with van der Waals surface area (Å²) in [4.78, 5) is 23.4. The second kappa shape index (κ2) is 6.18. The zero-order valence-electron chi connectivity index (χ0n) is 10.6. The first kappa shape index (κ1) is 13.4. The van der Waals surface area contributed by atoms with Crippen molar-refractivity contribution in [3.05, 3.63) is 35.4 Å². The lowest BCUT2D eigenvalue weighted by molar-refractivity contribution is -0.120. The van der Waals surface area contributed by atoms with Crippen LogP contribution >= 0.6 is 0 Å². The summed E-state index contributed by atoms with van der Waals surface area (Å²) in [7, 11) is 0. The van der Waals surface area contributed by atoms with E-state index in [1.165, 1.54) is 0 Å². The second-order valence-corrected chi connectivity index (χ2v) is 4.03. The van der Waals surface area contributed by atoms with Gasteiger partial charge in [0, 0.05) is 12.0 Å². The van der Waals surface area contributed by atoms with Crippen LogP contribution in [0.15, 0.2) is 24.3 Å². The van der Waals surface area contributed by atoms with Gasteiger partial charge in [-0.05, 0) is 25.0 Å². The van der Waals surface area contributed by atoms with Crippen molar-refractivity contribution in [3.63, 3.8) is 0 Å². The van der Waals surface area contributed by atoms with Crippen molar-refractivity contribution >= 4 is 11.7 Å². The highest BCUT2D eigenvalue weighted by Crippen LogP contribution is 2.09. The van der Waals surface area contributed by atoms with Gasteiger partial charge in [0.25, 0.3) is 5.91 Å². The van der Waals surface area contributed by atoms with E-state index in [9.17, 15) is 9.59 Å². The SMILES string of the molecule is CCC(=O)C(C)NC(=O)c1ccccc1CC. The van der Waals surface area contributed by atoms with Crippen LogP contribution in [-0.4, -0.2) is 17.7 Å². The molecular formula is C14H19NO2. The summed E-state index contributed by atoms with van der Waals surface area (Å²) in [6.45, 7) is 5.52. The fourth-order valence-electron chi connectivity index (χ4n) is 1.71. The predicted octanol–water partition coefficient (Wildman–Crippen LogP) is 2.35. The van der Waals surface area contributed by atoms with E-state index in [0.29, 0.717) is 12.0 Å². The van der Waals surface area contributed by atoms with E-state index >= 15 is 0 Å². The minimum atomic E-state index is -0.419.